The number of hydrogen-bond donors (Lipinski definition) is 1. The molecular formula is C23H24N4O3. The smallest absolute Gasteiger partial charge is 0.227 e. The Balaban J connectivity index is 1.55. The van der Waals surface area contributed by atoms with Crippen molar-refractivity contribution in [3.05, 3.63) is 78.4 Å². The number of methoxy groups -OCH3 is 1. The normalized spacial score (nSPS) is 17.1. The van der Waals surface area contributed by atoms with Crippen LogP contribution in [0.25, 0.3) is 0 Å². The van der Waals surface area contributed by atoms with Crippen molar-refractivity contribution >= 4 is 17.5 Å². The van der Waals surface area contributed by atoms with E-state index in [0.29, 0.717) is 18.0 Å². The van der Waals surface area contributed by atoms with E-state index in [9.17, 15) is 9.59 Å². The van der Waals surface area contributed by atoms with E-state index in [1.54, 1.807) is 18.2 Å². The quantitative estimate of drug-likeness (QED) is 0.685. The van der Waals surface area contributed by atoms with Gasteiger partial charge in [0.05, 0.1) is 18.7 Å². The third kappa shape index (κ3) is 3.78. The Kier molecular flexibility index (Phi) is 5.52. The Bertz CT molecular complexity index is 1050. The van der Waals surface area contributed by atoms with Gasteiger partial charge in [-0.25, -0.2) is 4.98 Å². The monoisotopic (exact) mass is 404 g/mol. The fourth-order valence-corrected chi connectivity index (χ4v) is 3.83. The number of amides is 2. The van der Waals surface area contributed by atoms with Crippen molar-refractivity contribution in [1.82, 2.24) is 14.9 Å². The molecule has 30 heavy (non-hydrogen) atoms. The molecule has 0 bridgehead atoms. The summed E-state index contributed by atoms with van der Waals surface area (Å²) in [6.45, 7) is 0.313. The number of benzene rings is 2. The summed E-state index contributed by atoms with van der Waals surface area (Å²) < 4.78 is 7.27. The number of carbonyl (C=O) groups is 2. The van der Waals surface area contributed by atoms with Crippen LogP contribution in [0.5, 0.6) is 5.75 Å². The molecule has 1 aliphatic rings. The Morgan fingerprint density at radius 1 is 1.17 bits per heavy atom. The van der Waals surface area contributed by atoms with Gasteiger partial charge in [0.1, 0.15) is 17.6 Å². The standard InChI is InChI=1S/C23H24N4O3/c1-26-13-12-24-22(26)21(16-8-4-3-5-9-16)25-23(29)17-14-20(28)27(15-17)18-10-6-7-11-19(18)30-2/h3-13,17,21H,14-15H2,1-2H3,(H,25,29). The Hall–Kier alpha value is -3.61. The topological polar surface area (TPSA) is 76.5 Å². The van der Waals surface area contributed by atoms with Crippen LogP contribution in [-0.2, 0) is 16.6 Å². The minimum atomic E-state index is -0.450. The average molecular weight is 404 g/mol. The fraction of sp³-hybridized carbons (Fsp3) is 0.261. The molecule has 2 unspecified atom stereocenters. The molecule has 0 spiro atoms. The highest BCUT2D eigenvalue weighted by Gasteiger charge is 2.37. The van der Waals surface area contributed by atoms with Crippen LogP contribution < -0.4 is 15.0 Å². The summed E-state index contributed by atoms with van der Waals surface area (Å²) in [7, 11) is 3.47. The molecule has 7 nitrogen and oxygen atoms in total. The first-order valence-electron chi connectivity index (χ1n) is 9.84. The van der Waals surface area contributed by atoms with Gasteiger partial charge in [0.25, 0.3) is 0 Å². The Morgan fingerprint density at radius 3 is 2.60 bits per heavy atom. The van der Waals surface area contributed by atoms with Crippen molar-refractivity contribution in [3.8, 4) is 5.75 Å². The van der Waals surface area contributed by atoms with E-state index >= 15 is 0 Å². The maximum atomic E-state index is 13.2. The van der Waals surface area contributed by atoms with Gasteiger partial charge in [-0.05, 0) is 17.7 Å². The van der Waals surface area contributed by atoms with E-state index in [-0.39, 0.29) is 18.2 Å². The van der Waals surface area contributed by atoms with Crippen molar-refractivity contribution in [2.24, 2.45) is 13.0 Å². The summed E-state index contributed by atoms with van der Waals surface area (Å²) in [6.07, 6.45) is 3.71. The molecule has 2 aromatic carbocycles. The molecular weight excluding hydrogens is 380 g/mol. The molecule has 1 saturated heterocycles. The third-order valence-corrected chi connectivity index (χ3v) is 5.41. The molecule has 3 aromatic rings. The van der Waals surface area contributed by atoms with E-state index in [1.165, 1.54) is 0 Å². The van der Waals surface area contributed by atoms with Crippen LogP contribution >= 0.6 is 0 Å². The van der Waals surface area contributed by atoms with Crippen LogP contribution in [0.15, 0.2) is 67.0 Å². The number of nitrogens with zero attached hydrogens (tertiary/aromatic N) is 3. The van der Waals surface area contributed by atoms with Gasteiger partial charge < -0.3 is 19.5 Å². The van der Waals surface area contributed by atoms with Crippen LogP contribution in [0.4, 0.5) is 5.69 Å². The maximum absolute atomic E-state index is 13.2. The SMILES string of the molecule is COc1ccccc1N1CC(C(=O)NC(c2ccccc2)c2nccn2C)CC1=O. The second-order valence-electron chi connectivity index (χ2n) is 7.33. The molecule has 1 N–H and O–H groups in total. The second-order valence-corrected chi connectivity index (χ2v) is 7.33. The van der Waals surface area contributed by atoms with Crippen LogP contribution in [0, 0.1) is 5.92 Å². The number of rotatable bonds is 6. The first-order valence-corrected chi connectivity index (χ1v) is 9.84. The lowest BCUT2D eigenvalue weighted by atomic mass is 10.0. The molecule has 154 valence electrons. The number of hydrogen-bond acceptors (Lipinski definition) is 4. The van der Waals surface area contributed by atoms with E-state index in [0.717, 1.165) is 11.4 Å². The molecule has 2 amide bonds. The highest BCUT2D eigenvalue weighted by molar-refractivity contribution is 6.01. The number of aromatic nitrogens is 2. The lowest BCUT2D eigenvalue weighted by Crippen LogP contribution is -2.37. The van der Waals surface area contributed by atoms with Gasteiger partial charge in [0.2, 0.25) is 11.8 Å². The van der Waals surface area contributed by atoms with Crippen molar-refractivity contribution in [1.29, 1.82) is 0 Å². The van der Waals surface area contributed by atoms with Gasteiger partial charge in [-0.2, -0.15) is 0 Å². The highest BCUT2D eigenvalue weighted by Crippen LogP contribution is 2.33. The van der Waals surface area contributed by atoms with Crippen molar-refractivity contribution < 1.29 is 14.3 Å². The van der Waals surface area contributed by atoms with E-state index in [4.69, 9.17) is 4.74 Å². The average Bonchev–Trinajstić information content (AvgIpc) is 3.38. The molecule has 0 aliphatic carbocycles. The highest BCUT2D eigenvalue weighted by atomic mass is 16.5. The number of carbonyl (C=O) groups excluding carboxylic acids is 2. The van der Waals surface area contributed by atoms with Gasteiger partial charge in [-0.1, -0.05) is 42.5 Å². The van der Waals surface area contributed by atoms with E-state index in [2.05, 4.69) is 10.3 Å². The number of ether oxygens (including phenoxy) is 1. The molecule has 1 fully saturated rings. The predicted molar refractivity (Wildman–Crippen MR) is 113 cm³/mol. The summed E-state index contributed by atoms with van der Waals surface area (Å²) in [4.78, 5) is 31.9. The molecule has 1 aliphatic heterocycles. The lowest BCUT2D eigenvalue weighted by Gasteiger charge is -2.22. The van der Waals surface area contributed by atoms with Gasteiger partial charge in [-0.3, -0.25) is 9.59 Å². The van der Waals surface area contributed by atoms with Gasteiger partial charge in [0, 0.05) is 32.4 Å². The van der Waals surface area contributed by atoms with E-state index in [1.807, 2.05) is 72.4 Å². The number of anilines is 1. The summed E-state index contributed by atoms with van der Waals surface area (Å²) in [5.41, 5.74) is 1.62. The number of para-hydroxylation sites is 2. The zero-order valence-corrected chi connectivity index (χ0v) is 17.0. The molecule has 2 heterocycles. The summed E-state index contributed by atoms with van der Waals surface area (Å²) in [5, 5.41) is 3.11. The summed E-state index contributed by atoms with van der Waals surface area (Å²) >= 11 is 0. The molecule has 0 saturated carbocycles. The number of aryl methyl sites for hydroxylation is 1. The minimum absolute atomic E-state index is 0.0899. The summed E-state index contributed by atoms with van der Waals surface area (Å²) in [5.74, 6) is 0.641. The van der Waals surface area contributed by atoms with Gasteiger partial charge in [0.15, 0.2) is 0 Å². The Morgan fingerprint density at radius 2 is 1.90 bits per heavy atom. The zero-order chi connectivity index (χ0) is 21.1. The fourth-order valence-electron chi connectivity index (χ4n) is 3.83. The molecule has 2 atom stereocenters. The molecule has 4 rings (SSSR count). The first kappa shape index (κ1) is 19.7. The van der Waals surface area contributed by atoms with Crippen LogP contribution in [0.3, 0.4) is 0 Å². The third-order valence-electron chi connectivity index (χ3n) is 5.41. The predicted octanol–water partition coefficient (Wildman–Crippen LogP) is 2.69. The number of nitrogens with one attached hydrogen (secondary N) is 1. The van der Waals surface area contributed by atoms with Crippen LogP contribution in [0.2, 0.25) is 0 Å². The van der Waals surface area contributed by atoms with Gasteiger partial charge in [-0.15, -0.1) is 0 Å². The van der Waals surface area contributed by atoms with E-state index < -0.39 is 12.0 Å². The van der Waals surface area contributed by atoms with Crippen LogP contribution in [0.1, 0.15) is 23.9 Å². The molecule has 0 radical (unpaired) electrons. The molecule has 7 heteroatoms. The largest absolute Gasteiger partial charge is 0.495 e. The second kappa shape index (κ2) is 8.41. The molecule has 1 aromatic heterocycles. The minimum Gasteiger partial charge on any atom is -0.495 e. The van der Waals surface area contributed by atoms with Crippen molar-refractivity contribution in [2.75, 3.05) is 18.6 Å². The first-order chi connectivity index (χ1) is 14.6. The number of imidazole rings is 1. The Labute approximate surface area is 175 Å². The zero-order valence-electron chi connectivity index (χ0n) is 17.0. The summed E-state index contributed by atoms with van der Waals surface area (Å²) in [6, 6.07) is 16.7. The van der Waals surface area contributed by atoms with Crippen molar-refractivity contribution in [2.45, 2.75) is 12.5 Å². The maximum Gasteiger partial charge on any atom is 0.227 e. The van der Waals surface area contributed by atoms with Crippen molar-refractivity contribution in [3.63, 3.8) is 0 Å². The lowest BCUT2D eigenvalue weighted by molar-refractivity contribution is -0.126. The van der Waals surface area contributed by atoms with Crippen LogP contribution in [-0.4, -0.2) is 35.0 Å². The van der Waals surface area contributed by atoms with Gasteiger partial charge >= 0.3 is 0 Å².